The third-order valence-corrected chi connectivity index (χ3v) is 10.3. The minimum absolute atomic E-state index is 0.0772. The lowest BCUT2D eigenvalue weighted by Gasteiger charge is -2.64. The lowest BCUT2D eigenvalue weighted by molar-refractivity contribution is -0.169. The zero-order valence-electron chi connectivity index (χ0n) is 19.4. The molecule has 1 heterocycles. The van der Waals surface area contributed by atoms with Gasteiger partial charge in [0.05, 0.1) is 5.60 Å². The number of hydrogen-bond donors (Lipinski definition) is 2. The first-order chi connectivity index (χ1) is 14.7. The van der Waals surface area contributed by atoms with Gasteiger partial charge in [-0.15, -0.1) is 5.10 Å². The van der Waals surface area contributed by atoms with Crippen molar-refractivity contribution in [2.75, 3.05) is 6.61 Å². The van der Waals surface area contributed by atoms with Gasteiger partial charge in [0, 0.05) is 5.92 Å². The number of carbonyl (C=O) groups excluding carboxylic acids is 1. The molecular weight excluding hydrogens is 390 g/mol. The van der Waals surface area contributed by atoms with Crippen LogP contribution < -0.4 is 4.74 Å². The van der Waals surface area contributed by atoms with Crippen molar-refractivity contribution in [1.82, 2.24) is 15.2 Å². The predicted molar refractivity (Wildman–Crippen MR) is 117 cm³/mol. The number of aromatic nitrogens is 3. The zero-order valence-corrected chi connectivity index (χ0v) is 19.4. The van der Waals surface area contributed by atoms with Crippen LogP contribution in [0.25, 0.3) is 0 Å². The fraction of sp³-hybridized carbons (Fsp3) is 0.880. The van der Waals surface area contributed by atoms with Crippen LogP contribution in [0.5, 0.6) is 6.01 Å². The van der Waals surface area contributed by atoms with E-state index in [9.17, 15) is 9.90 Å². The van der Waals surface area contributed by atoms with Crippen LogP contribution >= 0.6 is 0 Å². The van der Waals surface area contributed by atoms with Crippen LogP contribution in [0, 0.1) is 40.4 Å². The first kappa shape index (κ1) is 21.4. The summed E-state index contributed by atoms with van der Waals surface area (Å²) in [5.74, 6) is 3.08. The average Bonchev–Trinajstić information content (AvgIpc) is 3.25. The van der Waals surface area contributed by atoms with Gasteiger partial charge in [-0.1, -0.05) is 20.3 Å². The van der Waals surface area contributed by atoms with Crippen molar-refractivity contribution >= 4 is 5.78 Å². The van der Waals surface area contributed by atoms with Crippen LogP contribution in [0.2, 0.25) is 0 Å². The summed E-state index contributed by atoms with van der Waals surface area (Å²) in [7, 11) is 0. The van der Waals surface area contributed by atoms with Gasteiger partial charge in [0.1, 0.15) is 6.33 Å². The maximum atomic E-state index is 13.3. The molecule has 4 saturated carbocycles. The Morgan fingerprint density at radius 3 is 2.68 bits per heavy atom. The maximum absolute atomic E-state index is 13.3. The van der Waals surface area contributed by atoms with Crippen LogP contribution in [0.3, 0.4) is 0 Å². The third kappa shape index (κ3) is 3.53. The molecule has 0 bridgehead atoms. The molecule has 6 heteroatoms. The average molecular weight is 430 g/mol. The fourth-order valence-electron chi connectivity index (χ4n) is 8.66. The van der Waals surface area contributed by atoms with Gasteiger partial charge in [-0.3, -0.25) is 9.89 Å². The molecule has 0 aliphatic heterocycles. The molecule has 2 N–H and O–H groups in total. The number of ether oxygens (including phenoxy) is 1. The van der Waals surface area contributed by atoms with E-state index in [1.165, 1.54) is 32.0 Å². The Morgan fingerprint density at radius 1 is 1.10 bits per heavy atom. The van der Waals surface area contributed by atoms with Gasteiger partial charge < -0.3 is 9.84 Å². The van der Waals surface area contributed by atoms with Crippen LogP contribution in [-0.2, 0) is 4.79 Å². The van der Waals surface area contributed by atoms with Gasteiger partial charge in [0.15, 0.2) is 12.4 Å². The summed E-state index contributed by atoms with van der Waals surface area (Å²) < 4.78 is 5.57. The molecule has 4 aliphatic carbocycles. The van der Waals surface area contributed by atoms with Crippen molar-refractivity contribution in [2.45, 2.75) is 90.6 Å². The van der Waals surface area contributed by atoms with Crippen LogP contribution in [0.15, 0.2) is 6.33 Å². The number of aliphatic hydroxyl groups is 1. The molecule has 0 amide bonds. The quantitative estimate of drug-likeness (QED) is 0.733. The van der Waals surface area contributed by atoms with E-state index in [0.717, 1.165) is 50.4 Å². The Kier molecular flexibility index (Phi) is 5.23. The third-order valence-electron chi connectivity index (χ3n) is 10.3. The predicted octanol–water partition coefficient (Wildman–Crippen LogP) is 4.55. The number of hydrogen-bond acceptors (Lipinski definition) is 5. The number of fused-ring (bicyclic) bond motifs is 5. The minimum atomic E-state index is -0.480. The monoisotopic (exact) mass is 429 g/mol. The van der Waals surface area contributed by atoms with E-state index in [2.05, 4.69) is 29.0 Å². The zero-order chi connectivity index (χ0) is 21.9. The van der Waals surface area contributed by atoms with Crippen molar-refractivity contribution in [3.8, 4) is 6.01 Å². The summed E-state index contributed by atoms with van der Waals surface area (Å²) >= 11 is 0. The first-order valence-electron chi connectivity index (χ1n) is 12.5. The summed E-state index contributed by atoms with van der Waals surface area (Å²) in [5, 5.41) is 17.3. The largest absolute Gasteiger partial charge is 0.454 e. The second-order valence-corrected chi connectivity index (χ2v) is 11.9. The molecule has 6 nitrogen and oxygen atoms in total. The van der Waals surface area contributed by atoms with Gasteiger partial charge in [0.2, 0.25) is 0 Å². The topological polar surface area (TPSA) is 88.1 Å². The van der Waals surface area contributed by atoms with Crippen molar-refractivity contribution in [3.63, 3.8) is 0 Å². The molecule has 8 atom stereocenters. The summed E-state index contributed by atoms with van der Waals surface area (Å²) in [6.45, 7) is 7.05. The van der Waals surface area contributed by atoms with Gasteiger partial charge in [0.25, 0.3) is 0 Å². The van der Waals surface area contributed by atoms with Gasteiger partial charge >= 0.3 is 6.01 Å². The molecule has 0 unspecified atom stereocenters. The van der Waals surface area contributed by atoms with Gasteiger partial charge in [-0.25, -0.2) is 0 Å². The highest BCUT2D eigenvalue weighted by atomic mass is 16.5. The first-order valence-corrected chi connectivity index (χ1v) is 12.5. The van der Waals surface area contributed by atoms with E-state index in [1.54, 1.807) is 0 Å². The smallest absolute Gasteiger partial charge is 0.335 e. The van der Waals surface area contributed by atoms with Crippen LogP contribution in [0.1, 0.15) is 85.0 Å². The van der Waals surface area contributed by atoms with Crippen molar-refractivity contribution < 1.29 is 14.6 Å². The number of Topliss-reactive ketones (excluding diaryl/α,β-unsaturated/α-hetero) is 1. The number of rotatable bonds is 4. The van der Waals surface area contributed by atoms with Gasteiger partial charge in [-0.05, 0) is 99.2 Å². The lowest BCUT2D eigenvalue weighted by Crippen LogP contribution is -2.58. The van der Waals surface area contributed by atoms with E-state index in [-0.39, 0.29) is 29.7 Å². The Bertz CT molecular complexity index is 809. The fourth-order valence-corrected chi connectivity index (χ4v) is 8.66. The van der Waals surface area contributed by atoms with Crippen molar-refractivity contribution in [3.05, 3.63) is 6.33 Å². The summed E-state index contributed by atoms with van der Waals surface area (Å²) in [5.41, 5.74) is -0.0356. The number of nitrogens with zero attached hydrogens (tertiary/aromatic N) is 2. The Morgan fingerprint density at radius 2 is 1.90 bits per heavy atom. The van der Waals surface area contributed by atoms with Crippen LogP contribution in [0.4, 0.5) is 0 Å². The Labute approximate surface area is 185 Å². The number of ketones is 1. The van der Waals surface area contributed by atoms with Crippen molar-refractivity contribution in [2.24, 2.45) is 40.4 Å². The normalized spacial score (nSPS) is 47.0. The molecule has 0 spiro atoms. The second kappa shape index (κ2) is 7.57. The molecule has 1 aromatic rings. The molecule has 31 heavy (non-hydrogen) atoms. The lowest BCUT2D eigenvalue weighted by atomic mass is 9.41. The molecule has 0 saturated heterocycles. The van der Waals surface area contributed by atoms with Crippen LogP contribution in [-0.4, -0.2) is 38.3 Å². The number of H-pyrrole nitrogens is 1. The summed E-state index contributed by atoms with van der Waals surface area (Å²) in [4.78, 5) is 17.2. The molecule has 0 aromatic carbocycles. The Balaban J connectivity index is 1.33. The van der Waals surface area contributed by atoms with Crippen molar-refractivity contribution in [1.29, 1.82) is 0 Å². The van der Waals surface area contributed by atoms with E-state index >= 15 is 0 Å². The second-order valence-electron chi connectivity index (χ2n) is 11.9. The molecule has 5 rings (SSSR count). The van der Waals surface area contributed by atoms with E-state index < -0.39 is 5.60 Å². The number of nitrogens with one attached hydrogen (secondary N) is 1. The Hall–Kier alpha value is -1.43. The molecule has 4 aliphatic rings. The molecule has 172 valence electrons. The summed E-state index contributed by atoms with van der Waals surface area (Å²) in [6, 6.07) is 0.258. The summed E-state index contributed by atoms with van der Waals surface area (Å²) in [6.07, 6.45) is 12.8. The molecular formula is C25H39N3O3. The number of carbonyl (C=O) groups is 1. The highest BCUT2D eigenvalue weighted by Gasteiger charge is 2.60. The maximum Gasteiger partial charge on any atom is 0.335 e. The highest BCUT2D eigenvalue weighted by molar-refractivity contribution is 5.83. The number of aromatic amines is 1. The van der Waals surface area contributed by atoms with E-state index in [1.807, 2.05) is 6.92 Å². The van der Waals surface area contributed by atoms with E-state index in [4.69, 9.17) is 4.74 Å². The SMILES string of the molecule is C[C@@]1(O)CC[C@@]2(C)[C@@H](CC[C@@H]3[C@@H]2CC[C@]2(C)[C@@H](C(=O)COc4nc[nH]n4)CCC[C@@H]32)C1. The standard InChI is InChI=1S/C25H39N3O3/c1-23(30)11-12-24(2)16(13-23)7-8-17-18-5-4-6-20(25(18,3)10-9-19(17)24)21(29)14-31-22-26-15-27-28-22/h15-20,30H,4-14H2,1-3H3,(H,26,27,28)/t16-,17-,18-,19-,20+,23+,24-,25-/m0/s1. The molecule has 0 radical (unpaired) electrons. The highest BCUT2D eigenvalue weighted by Crippen LogP contribution is 2.67. The molecule has 4 fully saturated rings. The van der Waals surface area contributed by atoms with Gasteiger partial charge in [-0.2, -0.15) is 4.98 Å². The molecule has 1 aromatic heterocycles. The minimum Gasteiger partial charge on any atom is -0.454 e. The van der Waals surface area contributed by atoms with E-state index in [0.29, 0.717) is 17.3 Å².